The highest BCUT2D eigenvalue weighted by molar-refractivity contribution is 5.79. The third kappa shape index (κ3) is 5.42. The zero-order valence-corrected chi connectivity index (χ0v) is 7.02. The number of halogens is 3. The van der Waals surface area contributed by atoms with E-state index in [9.17, 15) is 18.0 Å². The molecule has 0 rings (SSSR count). The van der Waals surface area contributed by atoms with E-state index in [2.05, 4.69) is 4.74 Å². The molecular formula is C6H11F3N2O2. The number of rotatable bonds is 4. The molecule has 7 heteroatoms. The van der Waals surface area contributed by atoms with Crippen molar-refractivity contribution < 1.29 is 22.7 Å². The number of nitrogens with two attached hydrogens (primary N) is 1. The Hall–Kier alpha value is -0.820. The first-order valence-corrected chi connectivity index (χ1v) is 3.59. The van der Waals surface area contributed by atoms with E-state index in [0.717, 1.165) is 0 Å². The minimum Gasteiger partial charge on any atom is -0.359 e. The molecule has 0 heterocycles. The predicted molar refractivity (Wildman–Crippen MR) is 38.4 cm³/mol. The van der Waals surface area contributed by atoms with Crippen LogP contribution < -0.4 is 11.3 Å². The molecule has 0 aliphatic rings. The molecule has 0 radical (unpaired) electrons. The Morgan fingerprint density at radius 3 is 2.46 bits per heavy atom. The van der Waals surface area contributed by atoms with Gasteiger partial charge in [-0.1, -0.05) is 6.92 Å². The van der Waals surface area contributed by atoms with E-state index in [1.54, 1.807) is 5.43 Å². The average Bonchev–Trinajstić information content (AvgIpc) is 2.03. The summed E-state index contributed by atoms with van der Waals surface area (Å²) in [5.41, 5.74) is 1.72. The van der Waals surface area contributed by atoms with Crippen molar-refractivity contribution in [1.29, 1.82) is 0 Å². The van der Waals surface area contributed by atoms with Gasteiger partial charge in [0.15, 0.2) is 0 Å². The van der Waals surface area contributed by atoms with E-state index in [1.165, 1.54) is 6.92 Å². The lowest BCUT2D eigenvalue weighted by molar-refractivity contribution is -0.187. The Labute approximate surface area is 73.2 Å². The monoisotopic (exact) mass is 200 g/mol. The molecule has 0 fully saturated rings. The average molecular weight is 200 g/mol. The van der Waals surface area contributed by atoms with E-state index in [-0.39, 0.29) is 6.42 Å². The molecular weight excluding hydrogens is 189 g/mol. The fourth-order valence-electron chi connectivity index (χ4n) is 0.667. The van der Waals surface area contributed by atoms with Gasteiger partial charge < -0.3 is 4.74 Å². The van der Waals surface area contributed by atoms with E-state index >= 15 is 0 Å². The zero-order valence-electron chi connectivity index (χ0n) is 7.02. The predicted octanol–water partition coefficient (Wildman–Crippen LogP) is 0.334. The van der Waals surface area contributed by atoms with Gasteiger partial charge in [-0.2, -0.15) is 13.2 Å². The number of amides is 1. The second-order valence-electron chi connectivity index (χ2n) is 2.33. The molecule has 0 spiro atoms. The van der Waals surface area contributed by atoms with Crippen molar-refractivity contribution in [2.24, 2.45) is 5.84 Å². The summed E-state index contributed by atoms with van der Waals surface area (Å²) in [5.74, 6) is 3.97. The summed E-state index contributed by atoms with van der Waals surface area (Å²) < 4.78 is 39.2. The second kappa shape index (κ2) is 5.03. The van der Waals surface area contributed by atoms with Gasteiger partial charge in [-0.3, -0.25) is 10.2 Å². The highest BCUT2D eigenvalue weighted by atomic mass is 19.4. The molecule has 0 aliphatic heterocycles. The number of hydrogen-bond acceptors (Lipinski definition) is 3. The van der Waals surface area contributed by atoms with Crippen molar-refractivity contribution in [2.75, 3.05) is 6.61 Å². The molecule has 0 aromatic heterocycles. The smallest absolute Gasteiger partial charge is 0.359 e. The molecule has 3 N–H and O–H groups in total. The number of ether oxygens (including phenoxy) is 1. The van der Waals surface area contributed by atoms with Crippen LogP contribution in [0, 0.1) is 0 Å². The largest absolute Gasteiger partial charge is 0.411 e. The Morgan fingerprint density at radius 2 is 2.15 bits per heavy atom. The van der Waals surface area contributed by atoms with Gasteiger partial charge in [0.05, 0.1) is 0 Å². The summed E-state index contributed by atoms with van der Waals surface area (Å²) in [7, 11) is 0. The van der Waals surface area contributed by atoms with Crippen LogP contribution in [0.5, 0.6) is 0 Å². The van der Waals surface area contributed by atoms with E-state index in [0.29, 0.717) is 0 Å². The topological polar surface area (TPSA) is 64.3 Å². The summed E-state index contributed by atoms with van der Waals surface area (Å²) >= 11 is 0. The highest BCUT2D eigenvalue weighted by Gasteiger charge is 2.30. The number of hydrogen-bond donors (Lipinski definition) is 2. The first-order valence-electron chi connectivity index (χ1n) is 3.59. The van der Waals surface area contributed by atoms with Gasteiger partial charge in [-0.15, -0.1) is 0 Å². The third-order valence-corrected chi connectivity index (χ3v) is 1.25. The van der Waals surface area contributed by atoms with Crippen LogP contribution in [0.2, 0.25) is 0 Å². The lowest BCUT2D eigenvalue weighted by Crippen LogP contribution is -2.41. The molecule has 4 nitrogen and oxygen atoms in total. The van der Waals surface area contributed by atoms with Gasteiger partial charge in [0.25, 0.3) is 5.91 Å². The summed E-state index contributed by atoms with van der Waals surface area (Å²) in [4.78, 5) is 10.7. The van der Waals surface area contributed by atoms with Gasteiger partial charge in [-0.25, -0.2) is 5.84 Å². The van der Waals surface area contributed by atoms with Crippen LogP contribution in [0.4, 0.5) is 13.2 Å². The van der Waals surface area contributed by atoms with E-state index in [4.69, 9.17) is 5.84 Å². The third-order valence-electron chi connectivity index (χ3n) is 1.25. The maximum atomic E-state index is 11.6. The van der Waals surface area contributed by atoms with Crippen LogP contribution >= 0.6 is 0 Å². The van der Waals surface area contributed by atoms with Crippen LogP contribution in [0.15, 0.2) is 0 Å². The SMILES string of the molecule is CCC(OCC(F)(F)F)C(=O)NN. The van der Waals surface area contributed by atoms with Crippen molar-refractivity contribution >= 4 is 5.91 Å². The van der Waals surface area contributed by atoms with E-state index < -0.39 is 24.8 Å². The molecule has 78 valence electrons. The Morgan fingerprint density at radius 1 is 1.62 bits per heavy atom. The van der Waals surface area contributed by atoms with Crippen molar-refractivity contribution in [3.63, 3.8) is 0 Å². The van der Waals surface area contributed by atoms with Gasteiger partial charge in [-0.05, 0) is 6.42 Å². The molecule has 13 heavy (non-hydrogen) atoms. The first-order chi connectivity index (χ1) is 5.90. The number of alkyl halides is 3. The minimum absolute atomic E-state index is 0.138. The van der Waals surface area contributed by atoms with Crippen LogP contribution in [0.25, 0.3) is 0 Å². The molecule has 0 aliphatic carbocycles. The van der Waals surface area contributed by atoms with Crippen molar-refractivity contribution in [1.82, 2.24) is 5.43 Å². The Bertz CT molecular complexity index is 172. The quantitative estimate of drug-likeness (QED) is 0.390. The fraction of sp³-hybridized carbons (Fsp3) is 0.833. The molecule has 1 amide bonds. The highest BCUT2D eigenvalue weighted by Crippen LogP contribution is 2.16. The van der Waals surface area contributed by atoms with Crippen molar-refractivity contribution in [2.45, 2.75) is 25.6 Å². The molecule has 0 bridgehead atoms. The standard InChI is InChI=1S/C6H11F3N2O2/c1-2-4(5(12)11-10)13-3-6(7,8)9/h4H,2-3,10H2,1H3,(H,11,12). The Kier molecular flexibility index (Phi) is 4.71. The normalized spacial score (nSPS) is 13.9. The lowest BCUT2D eigenvalue weighted by atomic mass is 10.2. The Balaban J connectivity index is 3.93. The van der Waals surface area contributed by atoms with Gasteiger partial charge in [0, 0.05) is 0 Å². The molecule has 0 saturated carbocycles. The van der Waals surface area contributed by atoms with Gasteiger partial charge in [0.2, 0.25) is 0 Å². The van der Waals surface area contributed by atoms with Crippen molar-refractivity contribution in [3.8, 4) is 0 Å². The first kappa shape index (κ1) is 12.2. The minimum atomic E-state index is -4.43. The number of hydrazine groups is 1. The van der Waals surface area contributed by atoms with Crippen LogP contribution in [0.3, 0.4) is 0 Å². The van der Waals surface area contributed by atoms with Gasteiger partial charge >= 0.3 is 6.18 Å². The number of carbonyl (C=O) groups is 1. The summed E-state index contributed by atoms with van der Waals surface area (Å²) in [5, 5.41) is 0. The molecule has 0 saturated heterocycles. The summed E-state index contributed by atoms with van der Waals surface area (Å²) in [6, 6.07) is 0. The number of carbonyl (C=O) groups excluding carboxylic acids is 1. The lowest BCUT2D eigenvalue weighted by Gasteiger charge is -2.15. The maximum absolute atomic E-state index is 11.6. The zero-order chi connectivity index (χ0) is 10.5. The fourth-order valence-corrected chi connectivity index (χ4v) is 0.667. The van der Waals surface area contributed by atoms with Gasteiger partial charge in [0.1, 0.15) is 12.7 Å². The van der Waals surface area contributed by atoms with Crippen LogP contribution in [-0.2, 0) is 9.53 Å². The number of nitrogens with one attached hydrogen (secondary N) is 1. The van der Waals surface area contributed by atoms with Crippen LogP contribution in [-0.4, -0.2) is 24.8 Å². The second-order valence-corrected chi connectivity index (χ2v) is 2.33. The molecule has 0 aromatic carbocycles. The van der Waals surface area contributed by atoms with E-state index in [1.807, 2.05) is 0 Å². The van der Waals surface area contributed by atoms with Crippen LogP contribution in [0.1, 0.15) is 13.3 Å². The van der Waals surface area contributed by atoms with Crippen molar-refractivity contribution in [3.05, 3.63) is 0 Å². The summed E-state index contributed by atoms with van der Waals surface area (Å²) in [6.45, 7) is 0.0786. The molecule has 0 aromatic rings. The molecule has 1 atom stereocenters. The summed E-state index contributed by atoms with van der Waals surface area (Å²) in [6.07, 6.45) is -5.44. The maximum Gasteiger partial charge on any atom is 0.411 e. The molecule has 1 unspecified atom stereocenters.